The number of aromatic nitrogens is 2. The summed E-state index contributed by atoms with van der Waals surface area (Å²) in [5.74, 6) is -3.24. The molecule has 1 aliphatic heterocycles. The molecule has 33 heavy (non-hydrogen) atoms. The molecule has 0 atom stereocenters. The van der Waals surface area contributed by atoms with Gasteiger partial charge in [-0.1, -0.05) is 35.6 Å². The number of carbonyl (C=O) groups excluding carboxylic acids is 2. The molecule has 1 aliphatic rings. The maximum Gasteiger partial charge on any atom is 0.274 e. The van der Waals surface area contributed by atoms with Crippen LogP contribution in [-0.4, -0.2) is 33.7 Å². The Labute approximate surface area is 191 Å². The molecular formula is C24H16F2N4O2S. The zero-order chi connectivity index (χ0) is 23.1. The Bertz CT molecular complexity index is 1380. The number of amides is 2. The molecule has 0 radical (unpaired) electrons. The van der Waals surface area contributed by atoms with Gasteiger partial charge in [-0.25, -0.2) is 13.8 Å². The van der Waals surface area contributed by atoms with E-state index in [9.17, 15) is 18.4 Å². The van der Waals surface area contributed by atoms with Crippen LogP contribution in [0.1, 0.15) is 26.4 Å². The molecule has 0 bridgehead atoms. The first-order chi connectivity index (χ1) is 15.9. The van der Waals surface area contributed by atoms with Gasteiger partial charge in [-0.2, -0.15) is 0 Å². The van der Waals surface area contributed by atoms with Crippen molar-refractivity contribution in [2.75, 3.05) is 12.4 Å². The van der Waals surface area contributed by atoms with E-state index < -0.39 is 23.1 Å². The SMILES string of the molecule is CN1Cc2ccc(-c3cccnc3)cc2-c2sc(NC(=O)c3c(F)cccc3F)nc2C1=O. The average molecular weight is 462 g/mol. The van der Waals surface area contributed by atoms with Crippen molar-refractivity contribution in [1.29, 1.82) is 0 Å². The summed E-state index contributed by atoms with van der Waals surface area (Å²) in [7, 11) is 1.67. The lowest BCUT2D eigenvalue weighted by atomic mass is 9.99. The molecule has 5 rings (SSSR count). The van der Waals surface area contributed by atoms with Crippen LogP contribution in [0.5, 0.6) is 0 Å². The van der Waals surface area contributed by atoms with E-state index in [0.29, 0.717) is 11.4 Å². The molecular weight excluding hydrogens is 446 g/mol. The number of fused-ring (bicyclic) bond motifs is 3. The second kappa shape index (κ2) is 8.18. The number of pyridine rings is 1. The highest BCUT2D eigenvalue weighted by molar-refractivity contribution is 7.19. The van der Waals surface area contributed by atoms with Gasteiger partial charge in [0.25, 0.3) is 11.8 Å². The van der Waals surface area contributed by atoms with Crippen molar-refractivity contribution >= 4 is 28.3 Å². The van der Waals surface area contributed by atoms with Crippen LogP contribution in [0.15, 0.2) is 60.9 Å². The lowest BCUT2D eigenvalue weighted by Crippen LogP contribution is -2.25. The molecule has 0 saturated carbocycles. The fraction of sp³-hybridized carbons (Fsp3) is 0.0833. The number of halogens is 2. The lowest BCUT2D eigenvalue weighted by Gasteiger charge is -2.15. The monoisotopic (exact) mass is 462 g/mol. The molecule has 0 saturated heterocycles. The number of thiazole rings is 1. The molecule has 0 fully saturated rings. The Morgan fingerprint density at radius 2 is 1.88 bits per heavy atom. The van der Waals surface area contributed by atoms with E-state index in [0.717, 1.165) is 45.7 Å². The molecule has 9 heteroatoms. The van der Waals surface area contributed by atoms with Gasteiger partial charge in [-0.3, -0.25) is 19.9 Å². The van der Waals surface area contributed by atoms with Gasteiger partial charge in [0, 0.05) is 31.5 Å². The van der Waals surface area contributed by atoms with Crippen LogP contribution in [0.25, 0.3) is 21.6 Å². The van der Waals surface area contributed by atoms with Crippen molar-refractivity contribution in [3.63, 3.8) is 0 Å². The van der Waals surface area contributed by atoms with Crippen LogP contribution in [0.4, 0.5) is 13.9 Å². The second-order valence-electron chi connectivity index (χ2n) is 7.52. The molecule has 3 heterocycles. The zero-order valence-electron chi connectivity index (χ0n) is 17.3. The van der Waals surface area contributed by atoms with E-state index in [4.69, 9.17) is 0 Å². The van der Waals surface area contributed by atoms with E-state index >= 15 is 0 Å². The van der Waals surface area contributed by atoms with Gasteiger partial charge in [-0.15, -0.1) is 0 Å². The fourth-order valence-electron chi connectivity index (χ4n) is 3.72. The third kappa shape index (κ3) is 3.76. The van der Waals surface area contributed by atoms with Gasteiger partial charge in [0.05, 0.1) is 4.88 Å². The fourth-order valence-corrected chi connectivity index (χ4v) is 4.73. The number of nitrogens with zero attached hydrogens (tertiary/aromatic N) is 3. The molecule has 0 spiro atoms. The average Bonchev–Trinajstić information content (AvgIpc) is 3.19. The van der Waals surface area contributed by atoms with Gasteiger partial charge in [0.15, 0.2) is 5.13 Å². The van der Waals surface area contributed by atoms with Crippen molar-refractivity contribution in [1.82, 2.24) is 14.9 Å². The molecule has 1 N–H and O–H groups in total. The molecule has 0 aliphatic carbocycles. The van der Waals surface area contributed by atoms with Crippen LogP contribution >= 0.6 is 11.3 Å². The summed E-state index contributed by atoms with van der Waals surface area (Å²) in [6.45, 7) is 0.396. The zero-order valence-corrected chi connectivity index (χ0v) is 18.1. The summed E-state index contributed by atoms with van der Waals surface area (Å²) in [4.78, 5) is 36.1. The van der Waals surface area contributed by atoms with E-state index in [1.165, 1.54) is 11.0 Å². The maximum atomic E-state index is 14.0. The number of anilines is 1. The molecule has 2 aromatic carbocycles. The van der Waals surface area contributed by atoms with E-state index in [1.807, 2.05) is 30.3 Å². The minimum atomic E-state index is -0.979. The number of hydrogen-bond donors (Lipinski definition) is 1. The topological polar surface area (TPSA) is 75.2 Å². The third-order valence-electron chi connectivity index (χ3n) is 5.34. The molecule has 4 aromatic rings. The van der Waals surface area contributed by atoms with Crippen molar-refractivity contribution in [2.24, 2.45) is 0 Å². The minimum absolute atomic E-state index is 0.0778. The highest BCUT2D eigenvalue weighted by Crippen LogP contribution is 2.40. The van der Waals surface area contributed by atoms with Crippen molar-refractivity contribution in [3.05, 3.63) is 89.4 Å². The predicted molar refractivity (Wildman–Crippen MR) is 121 cm³/mol. The Balaban J connectivity index is 1.58. The largest absolute Gasteiger partial charge is 0.336 e. The van der Waals surface area contributed by atoms with Gasteiger partial charge in [0.2, 0.25) is 0 Å². The van der Waals surface area contributed by atoms with Crippen LogP contribution in [0.3, 0.4) is 0 Å². The molecule has 6 nitrogen and oxygen atoms in total. The lowest BCUT2D eigenvalue weighted by molar-refractivity contribution is 0.0783. The van der Waals surface area contributed by atoms with Crippen molar-refractivity contribution in [3.8, 4) is 21.6 Å². The third-order valence-corrected chi connectivity index (χ3v) is 6.35. The van der Waals surface area contributed by atoms with Crippen molar-refractivity contribution < 1.29 is 18.4 Å². The number of nitrogens with one attached hydrogen (secondary N) is 1. The smallest absolute Gasteiger partial charge is 0.274 e. The summed E-state index contributed by atoms with van der Waals surface area (Å²) in [5, 5.41) is 2.52. The van der Waals surface area contributed by atoms with Gasteiger partial charge < -0.3 is 4.90 Å². The Hall–Kier alpha value is -3.98. The number of hydrogen-bond acceptors (Lipinski definition) is 5. The van der Waals surface area contributed by atoms with Crippen LogP contribution in [0.2, 0.25) is 0 Å². The Morgan fingerprint density at radius 1 is 1.09 bits per heavy atom. The first-order valence-corrected chi connectivity index (χ1v) is 10.8. The maximum absolute atomic E-state index is 14.0. The highest BCUT2D eigenvalue weighted by atomic mass is 32.1. The molecule has 0 unspecified atom stereocenters. The standard InChI is InChI=1S/C24H16F2N4O2S/c1-30-12-15-8-7-13(14-4-3-9-27-11-14)10-16(15)21-20(23(30)32)28-24(33-21)29-22(31)19-17(25)5-2-6-18(19)26/h2-11H,12H2,1H3,(H,28,29,31). The van der Waals surface area contributed by atoms with E-state index in [2.05, 4.69) is 15.3 Å². The van der Waals surface area contributed by atoms with E-state index in [1.54, 1.807) is 19.4 Å². The first-order valence-electron chi connectivity index (χ1n) is 9.97. The number of carbonyl (C=O) groups is 2. The molecule has 2 aromatic heterocycles. The van der Waals surface area contributed by atoms with E-state index in [-0.39, 0.29) is 16.7 Å². The number of rotatable bonds is 3. The summed E-state index contributed by atoms with van der Waals surface area (Å²) in [6, 6.07) is 12.8. The minimum Gasteiger partial charge on any atom is -0.336 e. The van der Waals surface area contributed by atoms with Crippen LogP contribution in [-0.2, 0) is 6.54 Å². The van der Waals surface area contributed by atoms with Gasteiger partial charge in [-0.05, 0) is 41.0 Å². The van der Waals surface area contributed by atoms with Gasteiger partial charge >= 0.3 is 0 Å². The summed E-state index contributed by atoms with van der Waals surface area (Å²) in [5.41, 5.74) is 3.02. The number of benzene rings is 2. The van der Waals surface area contributed by atoms with Crippen molar-refractivity contribution in [2.45, 2.75) is 6.54 Å². The second-order valence-corrected chi connectivity index (χ2v) is 8.52. The Kier molecular flexibility index (Phi) is 5.18. The normalized spacial score (nSPS) is 12.7. The summed E-state index contributed by atoms with van der Waals surface area (Å²) < 4.78 is 28.0. The first kappa shape index (κ1) is 20.9. The Morgan fingerprint density at radius 3 is 2.61 bits per heavy atom. The molecule has 2 amide bonds. The molecule has 164 valence electrons. The quantitative estimate of drug-likeness (QED) is 0.466. The van der Waals surface area contributed by atoms with Gasteiger partial charge in [0.1, 0.15) is 22.9 Å². The predicted octanol–water partition coefficient (Wildman–Crippen LogP) is 4.99. The summed E-state index contributed by atoms with van der Waals surface area (Å²) >= 11 is 1.08. The van der Waals surface area contributed by atoms with Crippen LogP contribution in [0, 0.1) is 11.6 Å². The highest BCUT2D eigenvalue weighted by Gasteiger charge is 2.29. The van der Waals surface area contributed by atoms with Crippen LogP contribution < -0.4 is 5.32 Å². The summed E-state index contributed by atoms with van der Waals surface area (Å²) in [6.07, 6.45) is 3.44.